The summed E-state index contributed by atoms with van der Waals surface area (Å²) in [6.07, 6.45) is 4.40. The molecule has 316 valence electrons. The topological polar surface area (TPSA) is 182 Å². The molecule has 3 fully saturated rings. The number of aryl methyl sites for hydroxylation is 1. The third kappa shape index (κ3) is 9.04. The van der Waals surface area contributed by atoms with Crippen molar-refractivity contribution in [3.63, 3.8) is 0 Å². The molecule has 6 atom stereocenters. The summed E-state index contributed by atoms with van der Waals surface area (Å²) in [6.45, 7) is 11.4. The van der Waals surface area contributed by atoms with E-state index >= 15 is 0 Å². The number of amides is 4. The second-order valence-electron chi connectivity index (χ2n) is 17.6. The average molecular weight is 830 g/mol. The molecule has 3 N–H and O–H groups in total. The highest BCUT2D eigenvalue weighted by molar-refractivity contribution is 7.91. The van der Waals surface area contributed by atoms with Gasteiger partial charge in [0.25, 0.3) is 5.91 Å². The number of ether oxygens (including phenoxy) is 3. The van der Waals surface area contributed by atoms with Gasteiger partial charge in [0, 0.05) is 35.4 Å². The Morgan fingerprint density at radius 1 is 1.08 bits per heavy atom. The lowest BCUT2D eigenvalue weighted by Gasteiger charge is -2.35. The Labute approximate surface area is 345 Å². The van der Waals surface area contributed by atoms with Crippen LogP contribution in [-0.4, -0.2) is 91.4 Å². The number of carbonyl (C=O) groups excluding carboxylic acids is 4. The van der Waals surface area contributed by atoms with Crippen LogP contribution in [0.4, 0.5) is 4.79 Å². The fraction of sp³-hybridized carbons (Fsp3) is 0.523. The van der Waals surface area contributed by atoms with E-state index in [-0.39, 0.29) is 31.9 Å². The van der Waals surface area contributed by atoms with E-state index in [1.807, 2.05) is 76.2 Å². The first kappa shape index (κ1) is 42.0. The van der Waals surface area contributed by atoms with E-state index in [2.05, 4.69) is 21.9 Å². The third-order valence-corrected chi connectivity index (χ3v) is 13.7. The lowest BCUT2D eigenvalue weighted by molar-refractivity contribution is -0.142. The third-order valence-electron chi connectivity index (χ3n) is 11.9. The lowest BCUT2D eigenvalue weighted by Crippen LogP contribution is -2.60. The van der Waals surface area contributed by atoms with Crippen molar-refractivity contribution >= 4 is 44.7 Å². The van der Waals surface area contributed by atoms with Crippen molar-refractivity contribution in [2.45, 2.75) is 108 Å². The Balaban J connectivity index is 1.28. The minimum absolute atomic E-state index is 0.0285. The normalized spacial score (nSPS) is 26.7. The van der Waals surface area contributed by atoms with Gasteiger partial charge in [-0.3, -0.25) is 19.1 Å². The summed E-state index contributed by atoms with van der Waals surface area (Å²) in [6, 6.07) is 13.2. The largest absolute Gasteiger partial charge is 0.496 e. The zero-order chi connectivity index (χ0) is 42.3. The zero-order valence-corrected chi connectivity index (χ0v) is 35.2. The number of sulfonamides is 1. The molecule has 1 unspecified atom stereocenters. The molecule has 4 bridgehead atoms. The maximum absolute atomic E-state index is 14.8. The van der Waals surface area contributed by atoms with Gasteiger partial charge in [-0.15, -0.1) is 6.58 Å². The smallest absolute Gasteiger partial charge is 0.407 e. The number of alkyl carbamates (subject to hydrolysis) is 1. The summed E-state index contributed by atoms with van der Waals surface area (Å²) < 4.78 is 46.2. The van der Waals surface area contributed by atoms with Crippen LogP contribution in [0.25, 0.3) is 22.2 Å². The molecule has 0 spiro atoms. The number of benzene rings is 2. The van der Waals surface area contributed by atoms with Crippen LogP contribution in [-0.2, 0) is 35.6 Å². The predicted molar refractivity (Wildman–Crippen MR) is 222 cm³/mol. The number of carbonyl (C=O) groups is 4. The maximum atomic E-state index is 14.8. The van der Waals surface area contributed by atoms with Gasteiger partial charge in [-0.2, -0.15) is 0 Å². The van der Waals surface area contributed by atoms with Crippen molar-refractivity contribution in [2.24, 2.45) is 17.3 Å². The number of hydrogen-bond donors (Lipinski definition) is 3. The van der Waals surface area contributed by atoms with E-state index in [1.54, 1.807) is 7.11 Å². The Bertz CT molecular complexity index is 2240. The van der Waals surface area contributed by atoms with E-state index < -0.39 is 74.1 Å². The SMILES string of the molecule is C=C[C@H]1C[C@]1(NC(=O)[C@@H]1C[C@@H]2CN1C(=O)[C@H](C(C)(C)C)NC(=O)OCC(C)CCCCc1cc3c(cc(-c4ccccc4)nc3cc1OC)O2)C(=O)NS(=O)(=O)C1CC1. The Morgan fingerprint density at radius 2 is 1.83 bits per heavy atom. The van der Waals surface area contributed by atoms with Crippen molar-refractivity contribution in [2.75, 3.05) is 20.3 Å². The van der Waals surface area contributed by atoms with Crippen molar-refractivity contribution in [3.05, 3.63) is 66.7 Å². The van der Waals surface area contributed by atoms with E-state index in [0.717, 1.165) is 42.2 Å². The molecule has 4 aliphatic rings. The van der Waals surface area contributed by atoms with Gasteiger partial charge in [-0.1, -0.05) is 70.5 Å². The second kappa shape index (κ2) is 16.5. The van der Waals surface area contributed by atoms with Gasteiger partial charge in [-0.25, -0.2) is 18.2 Å². The second-order valence-corrected chi connectivity index (χ2v) is 19.6. The summed E-state index contributed by atoms with van der Waals surface area (Å²) in [5.74, 6) is -1.30. The van der Waals surface area contributed by atoms with Crippen LogP contribution in [0.1, 0.15) is 78.2 Å². The molecule has 2 aliphatic heterocycles. The minimum Gasteiger partial charge on any atom is -0.496 e. The molecule has 59 heavy (non-hydrogen) atoms. The summed E-state index contributed by atoms with van der Waals surface area (Å²) in [5.41, 5.74) is 0.758. The van der Waals surface area contributed by atoms with Crippen LogP contribution < -0.4 is 24.8 Å². The molecule has 2 aliphatic carbocycles. The van der Waals surface area contributed by atoms with Crippen LogP contribution in [0.15, 0.2) is 61.2 Å². The molecule has 1 aromatic heterocycles. The molecule has 4 amide bonds. The first-order valence-corrected chi connectivity index (χ1v) is 22.1. The highest BCUT2D eigenvalue weighted by Crippen LogP contribution is 2.46. The molecule has 14 nitrogen and oxygen atoms in total. The molecule has 3 aromatic rings. The van der Waals surface area contributed by atoms with Crippen molar-refractivity contribution in [1.82, 2.24) is 25.2 Å². The van der Waals surface area contributed by atoms with Gasteiger partial charge in [-0.05, 0) is 61.5 Å². The quantitative estimate of drug-likeness (QED) is 0.248. The number of fused-ring (bicyclic) bond motifs is 3. The molecule has 2 aromatic carbocycles. The number of hydrogen-bond acceptors (Lipinski definition) is 10. The number of pyridine rings is 1. The van der Waals surface area contributed by atoms with Gasteiger partial charge in [0.15, 0.2) is 0 Å². The number of aromatic nitrogens is 1. The number of nitrogens with one attached hydrogen (secondary N) is 3. The standard InChI is InChI=1S/C44H55N5O9S/c1-7-29-23-44(29,41(52)48-59(54,55)31-17-18-31)47-39(50)35-20-30-24-49(35)40(51)38(43(3,4)5)46-42(53)57-25-26(2)13-11-12-16-28-19-32-34(22-36(28)56-6)45-33(21-37(32)58-30)27-14-9-8-10-15-27/h7-10,14-15,19,21-22,26,29-31,35,38H,1,11-13,16-18,20,23-25H2,2-6H3,(H,46,53)(H,47,50)(H,48,52)/t26?,29-,30+,35-,38+,44+/m0/s1. The van der Waals surface area contributed by atoms with E-state index in [0.29, 0.717) is 35.6 Å². The van der Waals surface area contributed by atoms with Crippen LogP contribution in [0.5, 0.6) is 11.5 Å². The van der Waals surface area contributed by atoms with Gasteiger partial charge in [0.1, 0.15) is 35.2 Å². The lowest BCUT2D eigenvalue weighted by atomic mass is 9.85. The summed E-state index contributed by atoms with van der Waals surface area (Å²) in [5, 5.41) is 5.72. The highest BCUT2D eigenvalue weighted by Gasteiger charge is 2.62. The molecular weight excluding hydrogens is 775 g/mol. The van der Waals surface area contributed by atoms with Crippen molar-refractivity contribution in [1.29, 1.82) is 0 Å². The highest BCUT2D eigenvalue weighted by atomic mass is 32.2. The van der Waals surface area contributed by atoms with Gasteiger partial charge in [0.2, 0.25) is 21.8 Å². The van der Waals surface area contributed by atoms with Crippen molar-refractivity contribution < 1.29 is 41.8 Å². The number of methoxy groups -OCH3 is 1. The van der Waals surface area contributed by atoms with Crippen LogP contribution in [0.2, 0.25) is 0 Å². The summed E-state index contributed by atoms with van der Waals surface area (Å²) in [7, 11) is -2.28. The summed E-state index contributed by atoms with van der Waals surface area (Å²) in [4.78, 5) is 62.7. The molecular formula is C44H55N5O9S. The van der Waals surface area contributed by atoms with Crippen LogP contribution in [0, 0.1) is 17.3 Å². The van der Waals surface area contributed by atoms with Gasteiger partial charge in [0.05, 0.1) is 36.7 Å². The first-order valence-electron chi connectivity index (χ1n) is 20.5. The molecule has 1 saturated heterocycles. The number of nitrogens with zero attached hydrogens (tertiary/aromatic N) is 2. The molecule has 0 radical (unpaired) electrons. The van der Waals surface area contributed by atoms with E-state index in [9.17, 15) is 27.6 Å². The zero-order valence-electron chi connectivity index (χ0n) is 34.4. The fourth-order valence-corrected chi connectivity index (χ4v) is 9.53. The maximum Gasteiger partial charge on any atom is 0.407 e. The summed E-state index contributed by atoms with van der Waals surface area (Å²) >= 11 is 0. The monoisotopic (exact) mass is 829 g/mol. The minimum atomic E-state index is -3.92. The fourth-order valence-electron chi connectivity index (χ4n) is 8.16. The van der Waals surface area contributed by atoms with E-state index in [4.69, 9.17) is 19.2 Å². The predicted octanol–water partition coefficient (Wildman–Crippen LogP) is 5.43. The Kier molecular flexibility index (Phi) is 11.7. The molecule has 7 rings (SSSR count). The van der Waals surface area contributed by atoms with Crippen LogP contribution in [0.3, 0.4) is 0 Å². The number of cyclic esters (lactones) is 1. The Hall–Kier alpha value is -5.18. The average Bonchev–Trinajstić information content (AvgIpc) is 4.13. The van der Waals surface area contributed by atoms with Gasteiger partial charge < -0.3 is 29.7 Å². The molecule has 3 heterocycles. The van der Waals surface area contributed by atoms with Crippen LogP contribution >= 0.6 is 0 Å². The Morgan fingerprint density at radius 3 is 2.49 bits per heavy atom. The molecule has 2 saturated carbocycles. The number of rotatable bonds is 8. The van der Waals surface area contributed by atoms with Gasteiger partial charge >= 0.3 is 6.09 Å². The van der Waals surface area contributed by atoms with Crippen molar-refractivity contribution in [3.8, 4) is 22.8 Å². The van der Waals surface area contributed by atoms with E-state index in [1.165, 1.54) is 11.0 Å². The first-order chi connectivity index (χ1) is 28.0. The molecule has 15 heteroatoms.